The Labute approximate surface area is 92.8 Å². The number of imidazole rings is 1. The van der Waals surface area contributed by atoms with Crippen LogP contribution in [0.4, 0.5) is 0 Å². The van der Waals surface area contributed by atoms with Crippen LogP contribution in [0.2, 0.25) is 0 Å². The van der Waals surface area contributed by atoms with Crippen LogP contribution >= 0.6 is 11.3 Å². The lowest BCUT2D eigenvalue weighted by Crippen LogP contribution is -2.13. The van der Waals surface area contributed by atoms with E-state index in [1.165, 1.54) is 4.88 Å². The van der Waals surface area contributed by atoms with E-state index in [9.17, 15) is 0 Å². The Morgan fingerprint density at radius 2 is 2.27 bits per heavy atom. The maximum Gasteiger partial charge on any atom is 0.120 e. The van der Waals surface area contributed by atoms with Crippen molar-refractivity contribution < 1.29 is 0 Å². The number of aromatic amines is 1. The van der Waals surface area contributed by atoms with E-state index in [4.69, 9.17) is 0 Å². The summed E-state index contributed by atoms with van der Waals surface area (Å²) in [4.78, 5) is 12.9. The third-order valence-corrected chi connectivity index (χ3v) is 3.27. The second kappa shape index (κ2) is 4.55. The van der Waals surface area contributed by atoms with Crippen molar-refractivity contribution in [3.05, 3.63) is 33.8 Å². The molecule has 0 bridgehead atoms. The maximum atomic E-state index is 4.45. The molecule has 0 aromatic carbocycles. The van der Waals surface area contributed by atoms with Gasteiger partial charge in [0.15, 0.2) is 0 Å². The Kier molecular flexibility index (Phi) is 3.13. The van der Waals surface area contributed by atoms with Gasteiger partial charge in [0.1, 0.15) is 10.8 Å². The summed E-state index contributed by atoms with van der Waals surface area (Å²) >= 11 is 1.75. The van der Waals surface area contributed by atoms with E-state index in [0.29, 0.717) is 0 Å². The third-order valence-electron chi connectivity index (χ3n) is 2.20. The smallest absolute Gasteiger partial charge is 0.120 e. The van der Waals surface area contributed by atoms with E-state index >= 15 is 0 Å². The molecular formula is C10H14N4S. The fourth-order valence-corrected chi connectivity index (χ4v) is 2.20. The molecule has 2 aromatic rings. The van der Waals surface area contributed by atoms with Crippen molar-refractivity contribution in [2.75, 3.05) is 0 Å². The first-order chi connectivity index (χ1) is 7.25. The van der Waals surface area contributed by atoms with Crippen molar-refractivity contribution in [1.82, 2.24) is 20.3 Å². The van der Waals surface area contributed by atoms with Crippen LogP contribution in [0.3, 0.4) is 0 Å². The van der Waals surface area contributed by atoms with Crippen LogP contribution in [0.1, 0.15) is 21.4 Å². The highest BCUT2D eigenvalue weighted by Gasteiger charge is 2.02. The molecule has 2 heterocycles. The predicted octanol–water partition coefficient (Wildman–Crippen LogP) is 1.77. The van der Waals surface area contributed by atoms with Gasteiger partial charge in [0.25, 0.3) is 0 Å². The Morgan fingerprint density at radius 3 is 2.87 bits per heavy atom. The van der Waals surface area contributed by atoms with Gasteiger partial charge in [0, 0.05) is 23.8 Å². The standard InChI is InChI=1S/C10H14N4S/c1-7-8(2)15-10(14-7)6-11-5-9-12-3-4-13-9/h3-4,11H,5-6H2,1-2H3,(H,12,13). The lowest BCUT2D eigenvalue weighted by Gasteiger charge is -1.98. The van der Waals surface area contributed by atoms with Crippen molar-refractivity contribution in [2.45, 2.75) is 26.9 Å². The molecule has 0 spiro atoms. The zero-order valence-electron chi connectivity index (χ0n) is 8.87. The maximum absolute atomic E-state index is 4.45. The molecule has 0 unspecified atom stereocenters. The number of aromatic nitrogens is 3. The molecule has 15 heavy (non-hydrogen) atoms. The molecular weight excluding hydrogens is 208 g/mol. The molecule has 2 rings (SSSR count). The molecule has 0 aliphatic heterocycles. The quantitative estimate of drug-likeness (QED) is 0.829. The molecule has 0 aliphatic carbocycles. The summed E-state index contributed by atoms with van der Waals surface area (Å²) in [6, 6.07) is 0. The van der Waals surface area contributed by atoms with E-state index < -0.39 is 0 Å². The Morgan fingerprint density at radius 1 is 1.40 bits per heavy atom. The lowest BCUT2D eigenvalue weighted by atomic mass is 10.4. The number of rotatable bonds is 4. The summed E-state index contributed by atoms with van der Waals surface area (Å²) in [6.07, 6.45) is 3.59. The molecule has 0 atom stereocenters. The molecule has 0 radical (unpaired) electrons. The van der Waals surface area contributed by atoms with Gasteiger partial charge in [0.2, 0.25) is 0 Å². The van der Waals surface area contributed by atoms with Gasteiger partial charge in [-0.05, 0) is 13.8 Å². The van der Waals surface area contributed by atoms with Gasteiger partial charge in [-0.15, -0.1) is 11.3 Å². The molecule has 4 nitrogen and oxygen atoms in total. The number of H-pyrrole nitrogens is 1. The van der Waals surface area contributed by atoms with Gasteiger partial charge in [-0.25, -0.2) is 9.97 Å². The van der Waals surface area contributed by atoms with Crippen LogP contribution in [0.25, 0.3) is 0 Å². The highest BCUT2D eigenvalue weighted by Crippen LogP contribution is 2.15. The summed E-state index contributed by atoms with van der Waals surface area (Å²) in [6.45, 7) is 5.70. The first kappa shape index (κ1) is 10.3. The van der Waals surface area contributed by atoms with Crippen molar-refractivity contribution in [1.29, 1.82) is 0 Å². The summed E-state index contributed by atoms with van der Waals surface area (Å²) in [5, 5.41) is 4.43. The second-order valence-electron chi connectivity index (χ2n) is 3.39. The minimum Gasteiger partial charge on any atom is -0.348 e. The zero-order valence-corrected chi connectivity index (χ0v) is 9.69. The number of nitrogens with one attached hydrogen (secondary N) is 2. The molecule has 0 saturated heterocycles. The molecule has 0 aliphatic rings. The first-order valence-corrected chi connectivity index (χ1v) is 5.69. The number of aryl methyl sites for hydroxylation is 2. The fraction of sp³-hybridized carbons (Fsp3) is 0.400. The monoisotopic (exact) mass is 222 g/mol. The van der Waals surface area contributed by atoms with E-state index in [0.717, 1.165) is 29.6 Å². The van der Waals surface area contributed by atoms with Crippen LogP contribution in [-0.2, 0) is 13.1 Å². The summed E-state index contributed by atoms with van der Waals surface area (Å²) < 4.78 is 0. The molecule has 2 aromatic heterocycles. The van der Waals surface area contributed by atoms with Gasteiger partial charge in [-0.3, -0.25) is 0 Å². The van der Waals surface area contributed by atoms with Crippen molar-refractivity contribution in [3.8, 4) is 0 Å². The van der Waals surface area contributed by atoms with E-state index in [2.05, 4.69) is 27.2 Å². The van der Waals surface area contributed by atoms with Crippen LogP contribution in [0.15, 0.2) is 12.4 Å². The Hall–Kier alpha value is -1.20. The number of thiazole rings is 1. The van der Waals surface area contributed by atoms with Gasteiger partial charge in [0.05, 0.1) is 12.2 Å². The Balaban J connectivity index is 1.83. The average molecular weight is 222 g/mol. The summed E-state index contributed by atoms with van der Waals surface area (Å²) in [5.74, 6) is 0.958. The molecule has 0 amide bonds. The van der Waals surface area contributed by atoms with Gasteiger partial charge < -0.3 is 10.3 Å². The van der Waals surface area contributed by atoms with Crippen molar-refractivity contribution in [2.24, 2.45) is 0 Å². The first-order valence-electron chi connectivity index (χ1n) is 4.87. The van der Waals surface area contributed by atoms with Gasteiger partial charge >= 0.3 is 0 Å². The van der Waals surface area contributed by atoms with Crippen LogP contribution in [0.5, 0.6) is 0 Å². The van der Waals surface area contributed by atoms with Crippen LogP contribution in [-0.4, -0.2) is 15.0 Å². The van der Waals surface area contributed by atoms with E-state index in [1.54, 1.807) is 17.5 Å². The second-order valence-corrected chi connectivity index (χ2v) is 4.68. The third kappa shape index (κ3) is 2.64. The normalized spacial score (nSPS) is 10.8. The Bertz CT molecular complexity index is 399. The lowest BCUT2D eigenvalue weighted by molar-refractivity contribution is 0.665. The minimum absolute atomic E-state index is 0.755. The highest BCUT2D eigenvalue weighted by atomic mass is 32.1. The van der Waals surface area contributed by atoms with E-state index in [1.807, 2.05) is 13.1 Å². The predicted molar refractivity (Wildman–Crippen MR) is 60.7 cm³/mol. The number of nitrogens with zero attached hydrogens (tertiary/aromatic N) is 2. The molecule has 2 N–H and O–H groups in total. The number of hydrogen-bond donors (Lipinski definition) is 2. The largest absolute Gasteiger partial charge is 0.348 e. The van der Waals surface area contributed by atoms with Crippen LogP contribution < -0.4 is 5.32 Å². The van der Waals surface area contributed by atoms with Crippen molar-refractivity contribution >= 4 is 11.3 Å². The zero-order chi connectivity index (χ0) is 10.7. The molecule has 0 saturated carbocycles. The van der Waals surface area contributed by atoms with E-state index in [-0.39, 0.29) is 0 Å². The van der Waals surface area contributed by atoms with Gasteiger partial charge in [-0.2, -0.15) is 0 Å². The molecule has 5 heteroatoms. The summed E-state index contributed by atoms with van der Waals surface area (Å²) in [5.41, 5.74) is 1.13. The molecule has 80 valence electrons. The average Bonchev–Trinajstić information content (AvgIpc) is 2.79. The fourth-order valence-electron chi connectivity index (χ4n) is 1.30. The SMILES string of the molecule is Cc1nc(CNCc2ncc[nH]2)sc1C. The summed E-state index contributed by atoms with van der Waals surface area (Å²) in [7, 11) is 0. The highest BCUT2D eigenvalue weighted by molar-refractivity contribution is 7.11. The number of hydrogen-bond acceptors (Lipinski definition) is 4. The minimum atomic E-state index is 0.755. The van der Waals surface area contributed by atoms with Crippen molar-refractivity contribution in [3.63, 3.8) is 0 Å². The van der Waals surface area contributed by atoms with Crippen LogP contribution in [0, 0.1) is 13.8 Å². The van der Waals surface area contributed by atoms with Gasteiger partial charge in [-0.1, -0.05) is 0 Å². The molecule has 0 fully saturated rings. The topological polar surface area (TPSA) is 53.6 Å².